The first-order chi connectivity index (χ1) is 27.1. The molecule has 3 aromatic rings. The Morgan fingerprint density at radius 2 is 1.75 bits per heavy atom. The van der Waals surface area contributed by atoms with Crippen molar-refractivity contribution in [3.63, 3.8) is 0 Å². The number of nitrogens with one attached hydrogen (secondary N) is 2. The number of rotatable bonds is 12. The van der Waals surface area contributed by atoms with Crippen LogP contribution in [0.15, 0.2) is 60.7 Å². The van der Waals surface area contributed by atoms with Crippen molar-refractivity contribution in [1.82, 2.24) is 23.8 Å². The van der Waals surface area contributed by atoms with Crippen LogP contribution in [0.25, 0.3) is 22.2 Å². The van der Waals surface area contributed by atoms with Gasteiger partial charge in [-0.25, -0.2) is 9.52 Å². The highest BCUT2D eigenvalue weighted by atomic mass is 32.2. The zero-order valence-electron chi connectivity index (χ0n) is 34.3. The van der Waals surface area contributed by atoms with E-state index in [1.54, 1.807) is 43.5 Å². The fourth-order valence-corrected chi connectivity index (χ4v) is 9.19. The molecule has 2 atom stereocenters. The highest BCUT2D eigenvalue weighted by Gasteiger charge is 2.44. The molecule has 2 amide bonds. The number of amides is 2. The summed E-state index contributed by atoms with van der Waals surface area (Å²) < 4.78 is 62.3. The Hall–Kier alpha value is -4.41. The second kappa shape index (κ2) is 17.2. The van der Waals surface area contributed by atoms with E-state index in [2.05, 4.69) is 25.6 Å². The Labute approximate surface area is 336 Å². The lowest BCUT2D eigenvalue weighted by atomic mass is 9.81. The predicted octanol–water partition coefficient (Wildman–Crippen LogP) is 5.97. The number of allylic oxidation sites excluding steroid dienone is 2. The lowest BCUT2D eigenvalue weighted by Gasteiger charge is -2.39. The summed E-state index contributed by atoms with van der Waals surface area (Å²) in [7, 11) is 3.48. The van der Waals surface area contributed by atoms with Gasteiger partial charge in [-0.1, -0.05) is 49.6 Å². The molecule has 2 N–H and O–H groups in total. The summed E-state index contributed by atoms with van der Waals surface area (Å²) in [5, 5.41) is 3.86. The van der Waals surface area contributed by atoms with Crippen LogP contribution in [-0.2, 0) is 31.0 Å². The molecule has 0 spiro atoms. The number of benzene rings is 2. The molecule has 0 radical (unpaired) electrons. The van der Waals surface area contributed by atoms with Gasteiger partial charge in [0.05, 0.1) is 18.8 Å². The molecule has 2 aliphatic carbocycles. The van der Waals surface area contributed by atoms with Crippen LogP contribution in [-0.4, -0.2) is 113 Å². The minimum atomic E-state index is -4.38. The monoisotopic (exact) mass is 807 g/mol. The molecule has 0 saturated heterocycles. The number of methoxy groups -OCH3 is 3. The lowest BCUT2D eigenvalue weighted by molar-refractivity contribution is -0.190. The maximum atomic E-state index is 14.0. The predicted molar refractivity (Wildman–Crippen MR) is 219 cm³/mol. The van der Waals surface area contributed by atoms with Crippen LogP contribution < -0.4 is 19.5 Å². The third-order valence-electron chi connectivity index (χ3n) is 11.2. The van der Waals surface area contributed by atoms with E-state index in [4.69, 9.17) is 23.7 Å². The van der Waals surface area contributed by atoms with Crippen LogP contribution in [0.3, 0.4) is 0 Å². The van der Waals surface area contributed by atoms with Crippen LogP contribution in [0.4, 0.5) is 4.79 Å². The molecule has 1 fully saturated rings. The van der Waals surface area contributed by atoms with Gasteiger partial charge in [-0.2, -0.15) is 12.7 Å². The van der Waals surface area contributed by atoms with Crippen LogP contribution in [0.1, 0.15) is 74.7 Å². The van der Waals surface area contributed by atoms with Gasteiger partial charge < -0.3 is 33.6 Å². The average Bonchev–Trinajstić information content (AvgIpc) is 3.49. The van der Waals surface area contributed by atoms with Gasteiger partial charge >= 0.3 is 16.3 Å². The Bertz CT molecular complexity index is 2110. The molecule has 3 aliphatic rings. The van der Waals surface area contributed by atoms with Crippen molar-refractivity contribution in [3.8, 4) is 22.8 Å². The summed E-state index contributed by atoms with van der Waals surface area (Å²) in [6.07, 6.45) is 11.7. The molecule has 2 aromatic carbocycles. The summed E-state index contributed by atoms with van der Waals surface area (Å²) in [5.41, 5.74) is 3.46. The number of fused-ring (bicyclic) bond motifs is 5. The Morgan fingerprint density at radius 3 is 2.44 bits per heavy atom. The van der Waals surface area contributed by atoms with E-state index in [-0.39, 0.29) is 17.5 Å². The fourth-order valence-electron chi connectivity index (χ4n) is 8.18. The SMILES string of the molecule is COc1cccc2c1OC[C@H](N(C)CCNC(=O)OC(C)(C)C)Cn1c-2c(C2CCCCC2)c2ccc(C(=O)NS(=O)(=O)N(C)C3C=CC=CC3(OC)OC)cc21. The van der Waals surface area contributed by atoms with E-state index >= 15 is 0 Å². The second-order valence-electron chi connectivity index (χ2n) is 15.9. The lowest BCUT2D eigenvalue weighted by Crippen LogP contribution is -2.57. The van der Waals surface area contributed by atoms with Crippen molar-refractivity contribution < 1.29 is 41.7 Å². The number of carbonyl (C=O) groups excluding carboxylic acids is 2. The van der Waals surface area contributed by atoms with Gasteiger partial charge in [0.1, 0.15) is 18.2 Å². The van der Waals surface area contributed by atoms with Crippen molar-refractivity contribution in [2.75, 3.05) is 55.1 Å². The Balaban J connectivity index is 1.41. The van der Waals surface area contributed by atoms with Gasteiger partial charge in [-0.15, -0.1) is 0 Å². The number of ether oxygens (including phenoxy) is 5. The van der Waals surface area contributed by atoms with E-state index in [1.165, 1.54) is 33.3 Å². The zero-order valence-corrected chi connectivity index (χ0v) is 35.1. The molecule has 310 valence electrons. The highest BCUT2D eigenvalue weighted by Crippen LogP contribution is 2.49. The summed E-state index contributed by atoms with van der Waals surface area (Å²) in [6.45, 7) is 7.13. The van der Waals surface area contributed by atoms with Gasteiger partial charge in [0.15, 0.2) is 11.5 Å². The van der Waals surface area contributed by atoms with Crippen molar-refractivity contribution in [2.45, 2.75) is 88.8 Å². The third kappa shape index (κ3) is 8.87. The standard InChI is InChI=1S/C42H57N5O9S/c1-41(2,3)56-40(49)43-23-24-45(4)30-26-47-33-25-29(39(48)44-57(50,51)46(5)35-19-12-13-22-42(35,53-7)54-8)20-21-31(33)36(28-15-10-9-11-16-28)37(47)32-17-14-18-34(52-6)38(32)55-27-30/h12-14,17-22,25,28,30,35H,9-11,15-16,23-24,26-27H2,1-8H3,(H,43,49)(H,44,48)/t30-,35?/m1/s1. The molecule has 14 nitrogen and oxygen atoms in total. The number of likely N-dealkylation sites (N-methyl/N-ethyl adjacent to an activating group) is 2. The first kappa shape index (κ1) is 42.2. The van der Waals surface area contributed by atoms with Crippen LogP contribution >= 0.6 is 0 Å². The third-order valence-corrected chi connectivity index (χ3v) is 12.6. The summed E-state index contributed by atoms with van der Waals surface area (Å²) in [4.78, 5) is 28.6. The van der Waals surface area contributed by atoms with Crippen molar-refractivity contribution in [2.24, 2.45) is 0 Å². The highest BCUT2D eigenvalue weighted by molar-refractivity contribution is 7.87. The molecular formula is C42H57N5O9S. The number of nitrogens with zero attached hydrogens (tertiary/aromatic N) is 3. The molecule has 6 rings (SSSR count). The summed E-state index contributed by atoms with van der Waals surface area (Å²) >= 11 is 0. The number of alkyl carbamates (subject to hydrolysis) is 1. The van der Waals surface area contributed by atoms with E-state index in [0.717, 1.165) is 52.1 Å². The smallest absolute Gasteiger partial charge is 0.407 e. The number of aromatic nitrogens is 1. The molecule has 1 aliphatic heterocycles. The largest absolute Gasteiger partial charge is 0.493 e. The van der Waals surface area contributed by atoms with Crippen molar-refractivity contribution in [3.05, 3.63) is 71.8 Å². The molecule has 15 heteroatoms. The summed E-state index contributed by atoms with van der Waals surface area (Å²) in [6, 6.07) is 10.3. The quantitative estimate of drug-likeness (QED) is 0.210. The van der Waals surface area contributed by atoms with Gasteiger partial charge in [-0.05, 0) is 82.5 Å². The minimum Gasteiger partial charge on any atom is -0.493 e. The maximum Gasteiger partial charge on any atom is 0.407 e. The topological polar surface area (TPSA) is 150 Å². The second-order valence-corrected chi connectivity index (χ2v) is 17.7. The maximum absolute atomic E-state index is 14.0. The van der Waals surface area contributed by atoms with Gasteiger partial charge in [0, 0.05) is 62.9 Å². The van der Waals surface area contributed by atoms with E-state index < -0.39 is 39.6 Å². The van der Waals surface area contributed by atoms with Crippen LogP contribution in [0, 0.1) is 0 Å². The molecular weight excluding hydrogens is 751 g/mol. The minimum absolute atomic E-state index is 0.178. The fraction of sp³-hybridized carbons (Fsp3) is 0.524. The molecule has 0 bridgehead atoms. The molecule has 1 saturated carbocycles. The number of hydrogen-bond acceptors (Lipinski definition) is 10. The van der Waals surface area contributed by atoms with E-state index in [1.807, 2.05) is 46.0 Å². The first-order valence-electron chi connectivity index (χ1n) is 19.5. The normalized spacial score (nSPS) is 19.7. The molecule has 2 heterocycles. The Kier molecular flexibility index (Phi) is 12.7. The number of para-hydroxylation sites is 1. The van der Waals surface area contributed by atoms with Gasteiger partial charge in [0.2, 0.25) is 5.79 Å². The number of carbonyl (C=O) groups is 2. The van der Waals surface area contributed by atoms with E-state index in [0.29, 0.717) is 37.7 Å². The van der Waals surface area contributed by atoms with Crippen LogP contribution in [0.2, 0.25) is 0 Å². The van der Waals surface area contributed by atoms with Crippen LogP contribution in [0.5, 0.6) is 11.5 Å². The first-order valence-corrected chi connectivity index (χ1v) is 21.0. The average molecular weight is 808 g/mol. The van der Waals surface area contributed by atoms with Gasteiger partial charge in [0.25, 0.3) is 5.91 Å². The van der Waals surface area contributed by atoms with Gasteiger partial charge in [-0.3, -0.25) is 9.69 Å². The molecule has 57 heavy (non-hydrogen) atoms. The number of hydrogen-bond donors (Lipinski definition) is 2. The molecule has 1 unspecified atom stereocenters. The zero-order chi connectivity index (χ0) is 41.1. The summed E-state index contributed by atoms with van der Waals surface area (Å²) in [5.74, 6) is -0.646. The molecule has 1 aromatic heterocycles. The van der Waals surface area contributed by atoms with Crippen molar-refractivity contribution in [1.29, 1.82) is 0 Å². The van der Waals surface area contributed by atoms with E-state index in [9.17, 15) is 18.0 Å². The Morgan fingerprint density at radius 1 is 1.02 bits per heavy atom. The van der Waals surface area contributed by atoms with Crippen molar-refractivity contribution >= 4 is 33.1 Å².